The van der Waals surface area contributed by atoms with Crippen molar-refractivity contribution in [2.45, 2.75) is 30.9 Å². The van der Waals surface area contributed by atoms with Crippen molar-refractivity contribution in [3.05, 3.63) is 89.5 Å². The Balaban J connectivity index is 1.67. The SMILES string of the molecule is COc1cc(OC)c(CSC[C@H](NC(=O)[C@H](Cc2ccccc2)NC(=O)OCc2ccccc2)C(=O)O)c(OC)c1. The van der Waals surface area contributed by atoms with Gasteiger partial charge in [0, 0.05) is 35.6 Å². The lowest BCUT2D eigenvalue weighted by atomic mass is 10.1. The first-order chi connectivity index (χ1) is 19.8. The smallest absolute Gasteiger partial charge is 0.408 e. The van der Waals surface area contributed by atoms with E-state index in [9.17, 15) is 19.5 Å². The van der Waals surface area contributed by atoms with Crippen LogP contribution in [0.4, 0.5) is 4.79 Å². The molecule has 0 aliphatic carbocycles. The minimum Gasteiger partial charge on any atom is -0.496 e. The summed E-state index contributed by atoms with van der Waals surface area (Å²) in [5, 5.41) is 15.0. The molecule has 2 amide bonds. The van der Waals surface area contributed by atoms with Crippen molar-refractivity contribution >= 4 is 29.7 Å². The highest BCUT2D eigenvalue weighted by atomic mass is 32.2. The monoisotopic (exact) mass is 582 g/mol. The molecule has 10 nitrogen and oxygen atoms in total. The third-order valence-electron chi connectivity index (χ3n) is 6.07. The zero-order chi connectivity index (χ0) is 29.6. The molecule has 3 aromatic carbocycles. The molecule has 0 radical (unpaired) electrons. The molecule has 0 bridgehead atoms. The Hall–Kier alpha value is -4.38. The van der Waals surface area contributed by atoms with Gasteiger partial charge in [-0.15, -0.1) is 0 Å². The summed E-state index contributed by atoms with van der Waals surface area (Å²) in [6.07, 6.45) is -0.641. The molecule has 0 saturated carbocycles. The van der Waals surface area contributed by atoms with E-state index in [1.165, 1.54) is 33.1 Å². The van der Waals surface area contributed by atoms with Gasteiger partial charge in [-0.25, -0.2) is 9.59 Å². The van der Waals surface area contributed by atoms with Crippen molar-refractivity contribution in [2.75, 3.05) is 27.1 Å². The number of benzene rings is 3. The molecule has 2 atom stereocenters. The van der Waals surface area contributed by atoms with Crippen molar-refractivity contribution < 1.29 is 38.4 Å². The Kier molecular flexibility index (Phi) is 12.2. The summed E-state index contributed by atoms with van der Waals surface area (Å²) < 4.78 is 21.5. The first kappa shape index (κ1) is 31.2. The number of methoxy groups -OCH3 is 3. The van der Waals surface area contributed by atoms with Crippen molar-refractivity contribution in [2.24, 2.45) is 0 Å². The second kappa shape index (κ2) is 16.0. The van der Waals surface area contributed by atoms with Crippen LogP contribution in [-0.2, 0) is 33.1 Å². The number of carbonyl (C=O) groups excluding carboxylic acids is 2. The van der Waals surface area contributed by atoms with Crippen LogP contribution >= 0.6 is 11.8 Å². The van der Waals surface area contributed by atoms with Crippen LogP contribution in [-0.4, -0.2) is 62.2 Å². The highest BCUT2D eigenvalue weighted by Gasteiger charge is 2.28. The number of thioether (sulfide) groups is 1. The maximum atomic E-state index is 13.3. The number of ether oxygens (including phenoxy) is 4. The Morgan fingerprint density at radius 1 is 0.805 bits per heavy atom. The highest BCUT2D eigenvalue weighted by molar-refractivity contribution is 7.98. The molecule has 0 aliphatic heterocycles. The molecule has 0 spiro atoms. The fourth-order valence-electron chi connectivity index (χ4n) is 3.91. The van der Waals surface area contributed by atoms with Crippen molar-refractivity contribution in [3.8, 4) is 17.2 Å². The van der Waals surface area contributed by atoms with Gasteiger partial charge in [0.25, 0.3) is 0 Å². The van der Waals surface area contributed by atoms with E-state index in [1.54, 1.807) is 12.1 Å². The number of carbonyl (C=O) groups is 3. The largest absolute Gasteiger partial charge is 0.496 e. The summed E-state index contributed by atoms with van der Waals surface area (Å²) in [7, 11) is 4.58. The first-order valence-electron chi connectivity index (χ1n) is 12.8. The van der Waals surface area contributed by atoms with Crippen LogP contribution in [0.2, 0.25) is 0 Å². The second-order valence-electron chi connectivity index (χ2n) is 8.87. The minimum absolute atomic E-state index is 0.0268. The lowest BCUT2D eigenvalue weighted by Crippen LogP contribution is -2.53. The Morgan fingerprint density at radius 3 is 1.93 bits per heavy atom. The van der Waals surface area contributed by atoms with Gasteiger partial charge in [-0.3, -0.25) is 4.79 Å². The predicted molar refractivity (Wildman–Crippen MR) is 156 cm³/mol. The predicted octanol–water partition coefficient (Wildman–Crippen LogP) is 4.05. The quantitative estimate of drug-likeness (QED) is 0.243. The molecule has 11 heteroatoms. The topological polar surface area (TPSA) is 132 Å². The van der Waals surface area contributed by atoms with Gasteiger partial charge in [0.15, 0.2) is 0 Å². The van der Waals surface area contributed by atoms with Gasteiger partial charge >= 0.3 is 12.1 Å². The van der Waals surface area contributed by atoms with Crippen LogP contribution in [0.25, 0.3) is 0 Å². The molecule has 3 aromatic rings. The van der Waals surface area contributed by atoms with Crippen molar-refractivity contribution in [1.82, 2.24) is 10.6 Å². The number of rotatable bonds is 15. The maximum absolute atomic E-state index is 13.3. The highest BCUT2D eigenvalue weighted by Crippen LogP contribution is 2.36. The number of nitrogens with one attached hydrogen (secondary N) is 2. The first-order valence-corrected chi connectivity index (χ1v) is 13.9. The summed E-state index contributed by atoms with van der Waals surface area (Å²) >= 11 is 1.28. The molecule has 0 unspecified atom stereocenters. The van der Waals surface area contributed by atoms with Gasteiger partial charge < -0.3 is 34.7 Å². The van der Waals surface area contributed by atoms with Crippen molar-refractivity contribution in [1.29, 1.82) is 0 Å². The van der Waals surface area contributed by atoms with Crippen LogP contribution in [0, 0.1) is 0 Å². The normalized spacial score (nSPS) is 12.0. The second-order valence-corrected chi connectivity index (χ2v) is 9.90. The van der Waals surface area contributed by atoms with Gasteiger partial charge in [-0.2, -0.15) is 11.8 Å². The third kappa shape index (κ3) is 9.64. The average Bonchev–Trinajstić information content (AvgIpc) is 2.99. The molecule has 41 heavy (non-hydrogen) atoms. The summed E-state index contributed by atoms with van der Waals surface area (Å²) in [6.45, 7) is 0.0268. The number of alkyl carbamates (subject to hydrolysis) is 1. The summed E-state index contributed by atoms with van der Waals surface area (Å²) in [5.41, 5.74) is 2.30. The molecule has 0 aliphatic rings. The van der Waals surface area contributed by atoms with Crippen LogP contribution < -0.4 is 24.8 Å². The summed E-state index contributed by atoms with van der Waals surface area (Å²) in [4.78, 5) is 37.9. The fourth-order valence-corrected chi connectivity index (χ4v) is 4.98. The molecule has 0 aromatic heterocycles. The lowest BCUT2D eigenvalue weighted by Gasteiger charge is -2.22. The number of hydrogen-bond acceptors (Lipinski definition) is 8. The van der Waals surface area contributed by atoms with Crippen LogP contribution in [0.3, 0.4) is 0 Å². The zero-order valence-electron chi connectivity index (χ0n) is 23.1. The number of carboxylic acids is 1. The molecule has 218 valence electrons. The summed E-state index contributed by atoms with van der Waals surface area (Å²) in [5.74, 6) is 0.185. The number of carboxylic acid groups (broad SMARTS) is 1. The van der Waals surface area contributed by atoms with Gasteiger partial charge in [0.1, 0.15) is 35.9 Å². The minimum atomic E-state index is -1.22. The molecule has 0 heterocycles. The molecule has 0 saturated heterocycles. The molecular weight excluding hydrogens is 548 g/mol. The standard InChI is InChI=1S/C30H34N2O8S/c1-37-22-15-26(38-2)23(27(16-22)39-3)18-41-19-25(29(34)35)31-28(33)24(14-20-10-6-4-7-11-20)32-30(36)40-17-21-12-8-5-9-13-21/h4-13,15-16,24-25H,14,17-19H2,1-3H3,(H,31,33)(H,32,36)(H,34,35)/t24-,25-/m0/s1. The van der Waals surface area contributed by atoms with Crippen LogP contribution in [0.5, 0.6) is 17.2 Å². The van der Waals surface area contributed by atoms with E-state index < -0.39 is 30.1 Å². The Labute approximate surface area is 243 Å². The van der Waals surface area contributed by atoms with E-state index >= 15 is 0 Å². The van der Waals surface area contributed by atoms with E-state index in [2.05, 4.69) is 10.6 Å². The van der Waals surface area contributed by atoms with E-state index in [0.29, 0.717) is 23.0 Å². The average molecular weight is 583 g/mol. The molecular formula is C30H34N2O8S. The van der Waals surface area contributed by atoms with E-state index in [1.807, 2.05) is 60.7 Å². The third-order valence-corrected chi connectivity index (χ3v) is 7.13. The van der Waals surface area contributed by atoms with Gasteiger partial charge in [-0.1, -0.05) is 60.7 Å². The maximum Gasteiger partial charge on any atom is 0.408 e. The molecule has 3 rings (SSSR count). The van der Waals surface area contributed by atoms with Gasteiger partial charge in [0.05, 0.1) is 21.3 Å². The number of hydrogen-bond donors (Lipinski definition) is 3. The van der Waals surface area contributed by atoms with Crippen molar-refractivity contribution in [3.63, 3.8) is 0 Å². The lowest BCUT2D eigenvalue weighted by molar-refractivity contribution is -0.141. The number of amides is 2. The number of aliphatic carboxylic acids is 1. The van der Waals surface area contributed by atoms with E-state index in [-0.39, 0.29) is 18.8 Å². The molecule has 3 N–H and O–H groups in total. The fraction of sp³-hybridized carbons (Fsp3) is 0.300. The zero-order valence-corrected chi connectivity index (χ0v) is 23.9. The van der Waals surface area contributed by atoms with Gasteiger partial charge in [-0.05, 0) is 11.1 Å². The van der Waals surface area contributed by atoms with Crippen LogP contribution in [0.15, 0.2) is 72.8 Å². The Bertz CT molecular complexity index is 1270. The molecule has 0 fully saturated rings. The van der Waals surface area contributed by atoms with Gasteiger partial charge in [0.2, 0.25) is 5.91 Å². The van der Waals surface area contributed by atoms with E-state index in [0.717, 1.165) is 16.7 Å². The van der Waals surface area contributed by atoms with E-state index in [4.69, 9.17) is 18.9 Å². The Morgan fingerprint density at radius 2 is 1.39 bits per heavy atom. The summed E-state index contributed by atoms with van der Waals surface area (Å²) in [6, 6.07) is 19.4. The van der Waals surface area contributed by atoms with Crippen LogP contribution in [0.1, 0.15) is 16.7 Å².